The Kier molecular flexibility index (Phi) is 6.43. The lowest BCUT2D eigenvalue weighted by molar-refractivity contribution is 0.340. The maximum Gasteiger partial charge on any atom is 0.00674 e. The van der Waals surface area contributed by atoms with Gasteiger partial charge in [0.15, 0.2) is 0 Å². The van der Waals surface area contributed by atoms with Crippen LogP contribution in [0.1, 0.15) is 69.8 Å². The van der Waals surface area contributed by atoms with Crippen LogP contribution < -0.4 is 5.32 Å². The molecule has 0 amide bonds. The zero-order valence-corrected chi connectivity index (χ0v) is 12.4. The molecule has 0 unspecified atom stereocenters. The van der Waals surface area contributed by atoms with Crippen LogP contribution in [0.5, 0.6) is 0 Å². The molecule has 1 aliphatic carbocycles. The van der Waals surface area contributed by atoms with Gasteiger partial charge in [-0.15, -0.1) is 0 Å². The van der Waals surface area contributed by atoms with Gasteiger partial charge in [0.25, 0.3) is 0 Å². The van der Waals surface area contributed by atoms with E-state index >= 15 is 0 Å². The van der Waals surface area contributed by atoms with Gasteiger partial charge in [0, 0.05) is 6.04 Å². The molecule has 1 nitrogen and oxygen atoms in total. The van der Waals surface area contributed by atoms with Crippen molar-refractivity contribution in [2.45, 2.75) is 70.3 Å². The minimum Gasteiger partial charge on any atom is -0.314 e. The second-order valence-corrected chi connectivity index (χ2v) is 5.97. The third-order valence-electron chi connectivity index (χ3n) is 4.46. The standard InChI is InChI=1S/C18H29N/c1-2-3-4-8-15-19-18-13-11-17(12-14-18)16-9-6-5-7-10-16/h5-7,9-10,17-19H,2-4,8,11-15H2,1H3. The minimum atomic E-state index is 0.779. The van der Waals surface area contributed by atoms with Gasteiger partial charge < -0.3 is 5.32 Å². The molecule has 1 fully saturated rings. The molecule has 1 aromatic rings. The van der Waals surface area contributed by atoms with Gasteiger partial charge in [0.05, 0.1) is 0 Å². The lowest BCUT2D eigenvalue weighted by Gasteiger charge is -2.29. The SMILES string of the molecule is CCCCCCNC1CCC(c2ccccc2)CC1. The van der Waals surface area contributed by atoms with Crippen LogP contribution in [0.25, 0.3) is 0 Å². The van der Waals surface area contributed by atoms with Gasteiger partial charge in [-0.2, -0.15) is 0 Å². The Morgan fingerprint density at radius 1 is 0.947 bits per heavy atom. The van der Waals surface area contributed by atoms with E-state index in [0.717, 1.165) is 12.0 Å². The third kappa shape index (κ3) is 4.99. The molecule has 0 spiro atoms. The normalized spacial score (nSPS) is 23.4. The highest BCUT2D eigenvalue weighted by Gasteiger charge is 2.21. The van der Waals surface area contributed by atoms with E-state index < -0.39 is 0 Å². The molecule has 106 valence electrons. The summed E-state index contributed by atoms with van der Waals surface area (Å²) >= 11 is 0. The summed E-state index contributed by atoms with van der Waals surface area (Å²) in [5, 5.41) is 3.75. The van der Waals surface area contributed by atoms with Crippen molar-refractivity contribution in [3.63, 3.8) is 0 Å². The van der Waals surface area contributed by atoms with E-state index in [1.807, 2.05) is 0 Å². The van der Waals surface area contributed by atoms with E-state index in [4.69, 9.17) is 0 Å². The summed E-state index contributed by atoms with van der Waals surface area (Å²) in [6, 6.07) is 11.8. The van der Waals surface area contributed by atoms with Crippen LogP contribution in [-0.4, -0.2) is 12.6 Å². The Morgan fingerprint density at radius 2 is 1.68 bits per heavy atom. The van der Waals surface area contributed by atoms with Crippen LogP contribution in [0.3, 0.4) is 0 Å². The molecule has 1 aromatic carbocycles. The molecule has 0 heterocycles. The molecule has 0 aromatic heterocycles. The first-order chi connectivity index (χ1) is 9.40. The summed E-state index contributed by atoms with van der Waals surface area (Å²) in [6.07, 6.45) is 10.9. The summed E-state index contributed by atoms with van der Waals surface area (Å²) in [7, 11) is 0. The highest BCUT2D eigenvalue weighted by Crippen LogP contribution is 2.32. The van der Waals surface area contributed by atoms with Crippen LogP contribution in [0.2, 0.25) is 0 Å². The molecule has 1 saturated carbocycles. The highest BCUT2D eigenvalue weighted by molar-refractivity contribution is 5.20. The highest BCUT2D eigenvalue weighted by atomic mass is 14.9. The van der Waals surface area contributed by atoms with Gasteiger partial charge in [0.2, 0.25) is 0 Å². The van der Waals surface area contributed by atoms with Crippen LogP contribution in [-0.2, 0) is 0 Å². The summed E-state index contributed by atoms with van der Waals surface area (Å²) in [6.45, 7) is 3.50. The van der Waals surface area contributed by atoms with Crippen molar-refractivity contribution in [3.8, 4) is 0 Å². The van der Waals surface area contributed by atoms with Gasteiger partial charge in [-0.25, -0.2) is 0 Å². The quantitative estimate of drug-likeness (QED) is 0.688. The first kappa shape index (κ1) is 14.6. The second kappa shape index (κ2) is 8.37. The van der Waals surface area contributed by atoms with E-state index in [2.05, 4.69) is 42.6 Å². The van der Waals surface area contributed by atoms with Gasteiger partial charge >= 0.3 is 0 Å². The van der Waals surface area contributed by atoms with Crippen LogP contribution >= 0.6 is 0 Å². The molecule has 19 heavy (non-hydrogen) atoms. The van der Waals surface area contributed by atoms with E-state index in [-0.39, 0.29) is 0 Å². The summed E-state index contributed by atoms with van der Waals surface area (Å²) in [5.41, 5.74) is 1.55. The zero-order valence-electron chi connectivity index (χ0n) is 12.4. The number of hydrogen-bond acceptors (Lipinski definition) is 1. The van der Waals surface area contributed by atoms with Crippen LogP contribution in [0.15, 0.2) is 30.3 Å². The average Bonchev–Trinajstić information content (AvgIpc) is 2.49. The number of unbranched alkanes of at least 4 members (excludes halogenated alkanes) is 3. The number of benzene rings is 1. The van der Waals surface area contributed by atoms with Crippen molar-refractivity contribution in [2.24, 2.45) is 0 Å². The first-order valence-electron chi connectivity index (χ1n) is 8.18. The van der Waals surface area contributed by atoms with Gasteiger partial charge in [-0.1, -0.05) is 56.5 Å². The lowest BCUT2D eigenvalue weighted by atomic mass is 9.82. The fraction of sp³-hybridized carbons (Fsp3) is 0.667. The molecule has 0 atom stereocenters. The largest absolute Gasteiger partial charge is 0.314 e. The van der Waals surface area contributed by atoms with E-state index in [0.29, 0.717) is 0 Å². The molecule has 0 radical (unpaired) electrons. The molecule has 0 saturated heterocycles. The molecule has 1 N–H and O–H groups in total. The monoisotopic (exact) mass is 259 g/mol. The number of nitrogens with one attached hydrogen (secondary N) is 1. The second-order valence-electron chi connectivity index (χ2n) is 5.97. The maximum atomic E-state index is 3.75. The van der Waals surface area contributed by atoms with Crippen molar-refractivity contribution in [3.05, 3.63) is 35.9 Å². The maximum absolute atomic E-state index is 3.75. The predicted molar refractivity (Wildman–Crippen MR) is 83.6 cm³/mol. The van der Waals surface area contributed by atoms with Crippen molar-refractivity contribution in [2.75, 3.05) is 6.54 Å². The lowest BCUT2D eigenvalue weighted by Crippen LogP contribution is -2.33. The van der Waals surface area contributed by atoms with E-state index in [1.54, 1.807) is 5.56 Å². The molecule has 1 aliphatic rings. The Hall–Kier alpha value is -0.820. The molecular weight excluding hydrogens is 230 g/mol. The summed E-state index contributed by atoms with van der Waals surface area (Å²) < 4.78 is 0. The Labute approximate surface area is 118 Å². The topological polar surface area (TPSA) is 12.0 Å². The Balaban J connectivity index is 1.63. The van der Waals surface area contributed by atoms with E-state index in [9.17, 15) is 0 Å². The summed E-state index contributed by atoms with van der Waals surface area (Å²) in [4.78, 5) is 0. The summed E-state index contributed by atoms with van der Waals surface area (Å²) in [5.74, 6) is 0.805. The number of rotatable bonds is 7. The van der Waals surface area contributed by atoms with Gasteiger partial charge in [0.1, 0.15) is 0 Å². The fourth-order valence-electron chi connectivity index (χ4n) is 3.21. The van der Waals surface area contributed by atoms with Gasteiger partial charge in [-0.3, -0.25) is 0 Å². The van der Waals surface area contributed by atoms with Crippen LogP contribution in [0.4, 0.5) is 0 Å². The van der Waals surface area contributed by atoms with Crippen LogP contribution in [0, 0.1) is 0 Å². The Bertz CT molecular complexity index is 325. The zero-order chi connectivity index (χ0) is 13.3. The van der Waals surface area contributed by atoms with Crippen molar-refractivity contribution in [1.82, 2.24) is 5.32 Å². The molecule has 0 bridgehead atoms. The van der Waals surface area contributed by atoms with E-state index in [1.165, 1.54) is 57.9 Å². The van der Waals surface area contributed by atoms with Crippen molar-refractivity contribution < 1.29 is 0 Å². The molecule has 0 aliphatic heterocycles. The van der Waals surface area contributed by atoms with Crippen molar-refractivity contribution >= 4 is 0 Å². The average molecular weight is 259 g/mol. The number of hydrogen-bond donors (Lipinski definition) is 1. The molecular formula is C18H29N. The third-order valence-corrected chi connectivity index (χ3v) is 4.46. The first-order valence-corrected chi connectivity index (χ1v) is 8.18. The molecule has 2 rings (SSSR count). The minimum absolute atomic E-state index is 0.779. The molecule has 1 heteroatoms. The van der Waals surface area contributed by atoms with Gasteiger partial charge in [-0.05, 0) is 50.1 Å². The fourth-order valence-corrected chi connectivity index (χ4v) is 3.21. The predicted octanol–water partition coefficient (Wildman–Crippen LogP) is 4.88. The van der Waals surface area contributed by atoms with Crippen molar-refractivity contribution in [1.29, 1.82) is 0 Å². The smallest absolute Gasteiger partial charge is 0.00674 e. The Morgan fingerprint density at radius 3 is 2.37 bits per heavy atom.